The minimum absolute atomic E-state index is 0. The van der Waals surface area contributed by atoms with Crippen molar-refractivity contribution < 1.29 is 24.2 Å². The minimum atomic E-state index is -2.09. The van der Waals surface area contributed by atoms with Crippen molar-refractivity contribution in [2.45, 2.75) is 13.8 Å². The van der Waals surface area contributed by atoms with Crippen molar-refractivity contribution >= 4 is 43.2 Å². The molecule has 0 amide bonds. The molecule has 0 bridgehead atoms. The van der Waals surface area contributed by atoms with E-state index in [1.54, 1.807) is 29.5 Å². The third kappa shape index (κ3) is 8.00. The summed E-state index contributed by atoms with van der Waals surface area (Å²) in [4.78, 5) is 9.48. The van der Waals surface area contributed by atoms with Crippen molar-refractivity contribution in [1.82, 2.24) is 14.5 Å². The van der Waals surface area contributed by atoms with E-state index >= 15 is 0 Å². The first-order valence-electron chi connectivity index (χ1n) is 21.4. The first-order chi connectivity index (χ1) is 30.8. The Morgan fingerprint density at radius 1 is 0.590 bits per heavy atom. The summed E-state index contributed by atoms with van der Waals surface area (Å²) < 4.78 is 25.3. The van der Waals surface area contributed by atoms with Crippen molar-refractivity contribution in [3.05, 3.63) is 223 Å². The van der Waals surface area contributed by atoms with E-state index in [9.17, 15) is 0 Å². The quantitative estimate of drug-likeness (QED) is 0.155. The number of para-hydroxylation sites is 2. The molecule has 0 spiro atoms. The van der Waals surface area contributed by atoms with Crippen LogP contribution in [0.25, 0.3) is 93.6 Å². The average molecular weight is 981 g/mol. The number of pyridine rings is 1. The molecule has 0 fully saturated rings. The molecule has 0 saturated carbocycles. The average Bonchev–Trinajstić information content (AvgIpc) is 3.93. The van der Waals surface area contributed by atoms with Gasteiger partial charge in [-0.2, -0.15) is 0 Å². The fraction of sp³-hybridized carbons (Fsp3) is 0.0357. The van der Waals surface area contributed by atoms with Crippen molar-refractivity contribution in [2.24, 2.45) is 0 Å². The molecule has 3 aromatic heterocycles. The summed E-state index contributed by atoms with van der Waals surface area (Å²) in [6, 6.07) is 70.3. The van der Waals surface area contributed by atoms with Gasteiger partial charge in [0.2, 0.25) is 0 Å². The molecule has 0 saturated heterocycles. The molecule has 11 rings (SSSR count). The number of hydrogen-bond acceptors (Lipinski definition) is 3. The van der Waals surface area contributed by atoms with E-state index < -0.39 is 6.85 Å². The van der Waals surface area contributed by atoms with Crippen molar-refractivity contribution in [3.8, 4) is 61.7 Å². The van der Waals surface area contributed by atoms with E-state index in [1.165, 1.54) is 60.6 Å². The third-order valence-electron chi connectivity index (χ3n) is 10.8. The number of aryl methyl sites for hydroxylation is 2. The molecule has 0 N–H and O–H groups in total. The van der Waals surface area contributed by atoms with Gasteiger partial charge in [-0.05, 0) is 94.0 Å². The van der Waals surface area contributed by atoms with Crippen LogP contribution in [0.1, 0.15) is 15.2 Å². The second kappa shape index (κ2) is 17.5. The van der Waals surface area contributed by atoms with Gasteiger partial charge in [-0.25, -0.2) is 0 Å². The molecule has 3 nitrogen and oxygen atoms in total. The summed E-state index contributed by atoms with van der Waals surface area (Å²) in [5.74, 6) is 0.895. The van der Waals surface area contributed by atoms with Crippen LogP contribution in [0.5, 0.6) is 0 Å². The van der Waals surface area contributed by atoms with Crippen LogP contribution in [-0.4, -0.2) is 14.5 Å². The summed E-state index contributed by atoms with van der Waals surface area (Å²) in [6.45, 7) is 0.0933. The number of rotatable bonds is 6. The van der Waals surface area contributed by atoms with Gasteiger partial charge in [-0.1, -0.05) is 155 Å². The van der Waals surface area contributed by atoms with Gasteiger partial charge in [0.1, 0.15) is 0 Å². The minimum Gasteiger partial charge on any atom is -0.332 e. The maximum atomic E-state index is 7.23. The number of aromatic nitrogens is 3. The van der Waals surface area contributed by atoms with Gasteiger partial charge in [0.05, 0.1) is 22.5 Å². The van der Waals surface area contributed by atoms with Crippen LogP contribution < -0.4 is 0 Å². The summed E-state index contributed by atoms with van der Waals surface area (Å²) in [5.41, 5.74) is 14.3. The normalized spacial score (nSPS) is 11.9. The van der Waals surface area contributed by atoms with Crippen LogP contribution >= 0.6 is 11.3 Å². The maximum absolute atomic E-state index is 7.23. The molecule has 11 aromatic rings. The Hall–Kier alpha value is -6.75. The van der Waals surface area contributed by atoms with Gasteiger partial charge in [0.25, 0.3) is 0 Å². The first kappa shape index (κ1) is 36.1. The van der Waals surface area contributed by atoms with Crippen molar-refractivity contribution in [3.63, 3.8) is 0 Å². The molecule has 3 heterocycles. The summed E-state index contributed by atoms with van der Waals surface area (Å²) in [6.07, 6.45) is 1.39. The topological polar surface area (TPSA) is 30.7 Å². The van der Waals surface area contributed by atoms with Crippen LogP contribution in [0.2, 0.25) is 0 Å². The molecule has 61 heavy (non-hydrogen) atoms. The van der Waals surface area contributed by atoms with E-state index in [0.717, 1.165) is 44.8 Å². The van der Waals surface area contributed by atoms with Crippen LogP contribution in [0.3, 0.4) is 0 Å². The molecule has 1 radical (unpaired) electrons. The predicted octanol–water partition coefficient (Wildman–Crippen LogP) is 15.0. The number of hydrogen-bond donors (Lipinski definition) is 0. The van der Waals surface area contributed by atoms with E-state index in [4.69, 9.17) is 9.10 Å². The monoisotopic (exact) mass is 981 g/mol. The van der Waals surface area contributed by atoms with Gasteiger partial charge in [-0.15, -0.1) is 41.3 Å². The SMILES string of the molecule is Cc1cc(-c2ccccc2)c(-n2c(-c3[c-]sc4ccc(-c5ccc6ccccc6c5)cc34)nc3ccccc32)c(-c2ccccc2)c1.[2H]C([2H])([2H])c1ccc(-c2[c-]cccc2)nc1.[Ir]. The molecule has 0 aliphatic heterocycles. The van der Waals surface area contributed by atoms with E-state index in [0.29, 0.717) is 0 Å². The van der Waals surface area contributed by atoms with Crippen molar-refractivity contribution in [2.75, 3.05) is 0 Å². The standard InChI is InChI=1S/C44H29N2S.C12H10N.Ir/c1-29-24-36(31-13-4-2-5-14-31)43(37(25-29)32-15-6-3-7-16-32)46-41-19-11-10-18-40(41)45-44(46)39-28-47-42-23-22-35(27-38(39)42)34-21-20-30-12-8-9-17-33(30)26-34;1-10-7-8-12(13-9-10)11-5-3-2-4-6-11;/h2-27H,1H3;2-5,7-9H,1H3;/q2*-1;/i;1D3;. The molecule has 0 aliphatic carbocycles. The van der Waals surface area contributed by atoms with E-state index in [-0.39, 0.29) is 25.7 Å². The van der Waals surface area contributed by atoms with Gasteiger partial charge < -0.3 is 9.55 Å². The fourth-order valence-corrected chi connectivity index (χ4v) is 8.73. The van der Waals surface area contributed by atoms with Gasteiger partial charge >= 0.3 is 0 Å². The van der Waals surface area contributed by atoms with Crippen LogP contribution in [-0.2, 0) is 20.1 Å². The zero-order chi connectivity index (χ0) is 42.9. The fourth-order valence-electron chi connectivity index (χ4n) is 7.91. The predicted molar refractivity (Wildman–Crippen MR) is 253 cm³/mol. The van der Waals surface area contributed by atoms with Gasteiger partial charge in [0, 0.05) is 41.5 Å². The largest absolute Gasteiger partial charge is 0.332 e. The number of benzene rings is 8. The van der Waals surface area contributed by atoms with Crippen LogP contribution in [0, 0.1) is 25.2 Å². The Morgan fingerprint density at radius 2 is 1.26 bits per heavy atom. The molecule has 0 atom stereocenters. The molecule has 8 aromatic carbocycles. The van der Waals surface area contributed by atoms with Crippen LogP contribution in [0.15, 0.2) is 200 Å². The maximum Gasteiger partial charge on any atom is 0.0774 e. The van der Waals surface area contributed by atoms with Crippen LogP contribution in [0.4, 0.5) is 0 Å². The Bertz CT molecular complexity index is 3320. The summed E-state index contributed by atoms with van der Waals surface area (Å²) in [7, 11) is 0. The second-order valence-electron chi connectivity index (χ2n) is 14.8. The number of imidazole rings is 1. The van der Waals surface area contributed by atoms with Gasteiger partial charge in [0.15, 0.2) is 0 Å². The molecule has 295 valence electrons. The van der Waals surface area contributed by atoms with Crippen molar-refractivity contribution in [1.29, 1.82) is 0 Å². The Labute approximate surface area is 378 Å². The summed E-state index contributed by atoms with van der Waals surface area (Å²) >= 11 is 1.65. The summed E-state index contributed by atoms with van der Waals surface area (Å²) in [5, 5.41) is 7.35. The Kier molecular flexibility index (Phi) is 10.3. The zero-order valence-corrected chi connectivity index (χ0v) is 36.3. The smallest absolute Gasteiger partial charge is 0.0774 e. The zero-order valence-electron chi connectivity index (χ0n) is 36.1. The molecule has 5 heteroatoms. The third-order valence-corrected chi connectivity index (χ3v) is 11.7. The second-order valence-corrected chi connectivity index (χ2v) is 15.6. The molecular formula is C56H39IrN3S-2. The number of nitrogens with zero attached hydrogens (tertiary/aromatic N) is 3. The van der Waals surface area contributed by atoms with E-state index in [1.807, 2.05) is 18.2 Å². The Balaban J connectivity index is 0.000000258. The Morgan fingerprint density at radius 3 is 1.97 bits per heavy atom. The number of thiophene rings is 1. The number of fused-ring (bicyclic) bond motifs is 3. The molecule has 0 aliphatic rings. The van der Waals surface area contributed by atoms with E-state index in [2.05, 4.69) is 186 Å². The molecule has 0 unspecified atom stereocenters. The molecular weight excluding hydrogens is 939 g/mol. The first-order valence-corrected chi connectivity index (χ1v) is 20.7. The van der Waals surface area contributed by atoms with Gasteiger partial charge in [-0.3, -0.25) is 16.3 Å².